The Morgan fingerprint density at radius 3 is 2.45 bits per heavy atom. The molecule has 4 rings (SSSR count). The van der Waals surface area contributed by atoms with Crippen LogP contribution in [0.3, 0.4) is 0 Å². The minimum Gasteiger partial charge on any atom is -0.478 e. The molecule has 0 radical (unpaired) electrons. The molecule has 146 valence electrons. The minimum absolute atomic E-state index is 0.0369. The lowest BCUT2D eigenvalue weighted by Crippen LogP contribution is -2.04. The summed E-state index contributed by atoms with van der Waals surface area (Å²) < 4.78 is 28.2. The second-order valence-corrected chi connectivity index (χ2v) is 6.81. The van der Waals surface area contributed by atoms with Gasteiger partial charge in [0.15, 0.2) is 11.6 Å². The maximum Gasteiger partial charge on any atom is 0.337 e. The standard InChI is InChI=1S/C22H16F2N2O3/c1-10-17(25-11(2)18(10)22(28)29)9-14-19-12(5-4-8-16(19)26-21(14)27)13-6-3-7-15(23)20(13)24/h3-9,25H,1-2H3,(H,26,27)(H,28,29). The highest BCUT2D eigenvalue weighted by Gasteiger charge is 2.29. The molecule has 3 N–H and O–H groups in total. The molecule has 1 aliphatic heterocycles. The van der Waals surface area contributed by atoms with E-state index in [0.29, 0.717) is 33.8 Å². The van der Waals surface area contributed by atoms with E-state index in [1.165, 1.54) is 18.2 Å². The Hall–Kier alpha value is -3.74. The van der Waals surface area contributed by atoms with E-state index in [9.17, 15) is 23.5 Å². The molecule has 0 saturated heterocycles. The average Bonchev–Trinajstić information content (AvgIpc) is 3.13. The first kappa shape index (κ1) is 18.6. The van der Waals surface area contributed by atoms with Crippen molar-refractivity contribution >= 4 is 29.2 Å². The third kappa shape index (κ3) is 2.91. The molecule has 29 heavy (non-hydrogen) atoms. The minimum atomic E-state index is -1.07. The number of carbonyl (C=O) groups is 2. The van der Waals surface area contributed by atoms with Gasteiger partial charge in [-0.05, 0) is 43.2 Å². The van der Waals surface area contributed by atoms with Crippen LogP contribution in [0.15, 0.2) is 36.4 Å². The number of aromatic nitrogens is 1. The zero-order valence-corrected chi connectivity index (χ0v) is 15.6. The summed E-state index contributed by atoms with van der Waals surface area (Å²) in [6.45, 7) is 3.28. The molecular weight excluding hydrogens is 378 g/mol. The third-order valence-corrected chi connectivity index (χ3v) is 5.05. The second kappa shape index (κ2) is 6.70. The average molecular weight is 394 g/mol. The van der Waals surface area contributed by atoms with E-state index in [2.05, 4.69) is 10.3 Å². The molecule has 5 nitrogen and oxygen atoms in total. The summed E-state index contributed by atoms with van der Waals surface area (Å²) in [4.78, 5) is 27.1. The van der Waals surface area contributed by atoms with Crippen LogP contribution in [0.2, 0.25) is 0 Å². The van der Waals surface area contributed by atoms with Crippen LogP contribution < -0.4 is 5.32 Å². The van der Waals surface area contributed by atoms with Crippen LogP contribution in [0.25, 0.3) is 22.8 Å². The van der Waals surface area contributed by atoms with Gasteiger partial charge in [-0.1, -0.05) is 24.3 Å². The van der Waals surface area contributed by atoms with Crippen molar-refractivity contribution in [1.82, 2.24) is 4.98 Å². The monoisotopic (exact) mass is 394 g/mol. The first-order valence-electron chi connectivity index (χ1n) is 8.83. The van der Waals surface area contributed by atoms with Crippen LogP contribution in [0, 0.1) is 25.5 Å². The zero-order valence-electron chi connectivity index (χ0n) is 15.6. The predicted molar refractivity (Wildman–Crippen MR) is 106 cm³/mol. The van der Waals surface area contributed by atoms with E-state index in [4.69, 9.17) is 0 Å². The van der Waals surface area contributed by atoms with Crippen LogP contribution in [0.1, 0.15) is 32.9 Å². The zero-order chi connectivity index (χ0) is 20.9. The van der Waals surface area contributed by atoms with Crippen molar-refractivity contribution in [2.24, 2.45) is 0 Å². The number of anilines is 1. The summed E-state index contributed by atoms with van der Waals surface area (Å²) in [5.41, 5.74) is 3.10. The number of rotatable bonds is 3. The van der Waals surface area contributed by atoms with Gasteiger partial charge in [-0.25, -0.2) is 13.6 Å². The maximum absolute atomic E-state index is 14.4. The lowest BCUT2D eigenvalue weighted by atomic mass is 9.93. The van der Waals surface area contributed by atoms with Crippen molar-refractivity contribution in [2.75, 3.05) is 5.32 Å². The van der Waals surface area contributed by atoms with Gasteiger partial charge in [0.1, 0.15) is 0 Å². The molecule has 1 aromatic heterocycles. The molecule has 0 aliphatic carbocycles. The molecule has 0 fully saturated rings. The lowest BCUT2D eigenvalue weighted by Gasteiger charge is -2.10. The number of carboxylic acid groups (broad SMARTS) is 1. The molecule has 2 heterocycles. The molecule has 7 heteroatoms. The molecule has 0 bridgehead atoms. The fourth-order valence-electron chi connectivity index (χ4n) is 3.71. The maximum atomic E-state index is 14.4. The number of halogens is 2. The Morgan fingerprint density at radius 1 is 1.07 bits per heavy atom. The van der Waals surface area contributed by atoms with E-state index >= 15 is 0 Å². The van der Waals surface area contributed by atoms with Crippen LogP contribution in [-0.2, 0) is 4.79 Å². The summed E-state index contributed by atoms with van der Waals surface area (Å²) in [7, 11) is 0. The number of aromatic carboxylic acids is 1. The van der Waals surface area contributed by atoms with Crippen molar-refractivity contribution in [3.63, 3.8) is 0 Å². The quantitative estimate of drug-likeness (QED) is 0.560. The number of hydrogen-bond acceptors (Lipinski definition) is 2. The van der Waals surface area contributed by atoms with Crippen molar-refractivity contribution in [1.29, 1.82) is 0 Å². The van der Waals surface area contributed by atoms with Crippen molar-refractivity contribution in [2.45, 2.75) is 13.8 Å². The number of benzene rings is 2. The number of carboxylic acids is 1. The Balaban J connectivity index is 1.94. The van der Waals surface area contributed by atoms with Crippen molar-refractivity contribution in [3.05, 3.63) is 76.1 Å². The molecule has 2 aromatic carbocycles. The van der Waals surface area contributed by atoms with Gasteiger partial charge < -0.3 is 15.4 Å². The molecule has 0 unspecified atom stereocenters. The van der Waals surface area contributed by atoms with Gasteiger partial charge in [0.05, 0.1) is 11.1 Å². The number of amides is 1. The predicted octanol–water partition coefficient (Wildman–Crippen LogP) is 4.77. The van der Waals surface area contributed by atoms with Gasteiger partial charge in [0.2, 0.25) is 0 Å². The second-order valence-electron chi connectivity index (χ2n) is 6.81. The fraction of sp³-hybridized carbons (Fsp3) is 0.0909. The van der Waals surface area contributed by atoms with E-state index in [1.807, 2.05) is 0 Å². The van der Waals surface area contributed by atoms with Crippen LogP contribution >= 0.6 is 0 Å². The van der Waals surface area contributed by atoms with Gasteiger partial charge in [-0.15, -0.1) is 0 Å². The SMILES string of the molecule is Cc1[nH]c(C=C2C(=O)Nc3cccc(-c4cccc(F)c4F)c32)c(C)c1C(=O)O. The van der Waals surface area contributed by atoms with Crippen LogP contribution in [0.4, 0.5) is 14.5 Å². The molecule has 3 aromatic rings. The summed E-state index contributed by atoms with van der Waals surface area (Å²) in [6, 6.07) is 8.80. The highest BCUT2D eigenvalue weighted by Crippen LogP contribution is 2.41. The third-order valence-electron chi connectivity index (χ3n) is 5.05. The van der Waals surface area contributed by atoms with Crippen molar-refractivity contribution < 1.29 is 23.5 Å². The number of aryl methyl sites for hydroxylation is 1. The van der Waals surface area contributed by atoms with Crippen LogP contribution in [0.5, 0.6) is 0 Å². The van der Waals surface area contributed by atoms with E-state index < -0.39 is 23.5 Å². The van der Waals surface area contributed by atoms with E-state index in [-0.39, 0.29) is 16.7 Å². The first-order valence-corrected chi connectivity index (χ1v) is 8.83. The summed E-state index contributed by atoms with van der Waals surface area (Å²) in [5.74, 6) is -3.46. The van der Waals surface area contributed by atoms with Crippen molar-refractivity contribution in [3.8, 4) is 11.1 Å². The Kier molecular flexibility index (Phi) is 4.30. The number of hydrogen-bond donors (Lipinski definition) is 3. The summed E-state index contributed by atoms with van der Waals surface area (Å²) in [6.07, 6.45) is 1.54. The topological polar surface area (TPSA) is 82.2 Å². The molecule has 1 amide bonds. The van der Waals surface area contributed by atoms with Crippen LogP contribution in [-0.4, -0.2) is 22.0 Å². The van der Waals surface area contributed by atoms with Gasteiger partial charge in [-0.3, -0.25) is 4.79 Å². The molecule has 0 atom stereocenters. The Labute approximate surface area is 164 Å². The van der Waals surface area contributed by atoms with E-state index in [0.717, 1.165) is 6.07 Å². The molecule has 0 spiro atoms. The van der Waals surface area contributed by atoms with Gasteiger partial charge in [0, 0.05) is 28.2 Å². The smallest absolute Gasteiger partial charge is 0.337 e. The molecular formula is C22H16F2N2O3. The van der Waals surface area contributed by atoms with Gasteiger partial charge in [0.25, 0.3) is 5.91 Å². The number of carbonyl (C=O) groups excluding carboxylic acids is 1. The normalized spacial score (nSPS) is 14.2. The number of H-pyrrole nitrogens is 1. The number of nitrogens with one attached hydrogen (secondary N) is 2. The highest BCUT2D eigenvalue weighted by atomic mass is 19.2. The summed E-state index contributed by atoms with van der Waals surface area (Å²) >= 11 is 0. The highest BCUT2D eigenvalue weighted by molar-refractivity contribution is 6.36. The molecule has 0 saturated carbocycles. The van der Waals surface area contributed by atoms with Gasteiger partial charge >= 0.3 is 5.97 Å². The first-order chi connectivity index (χ1) is 13.8. The largest absolute Gasteiger partial charge is 0.478 e. The summed E-state index contributed by atoms with van der Waals surface area (Å²) in [5, 5.41) is 12.1. The molecule has 1 aliphatic rings. The lowest BCUT2D eigenvalue weighted by molar-refractivity contribution is -0.110. The number of aromatic amines is 1. The fourth-order valence-corrected chi connectivity index (χ4v) is 3.71. The Bertz CT molecular complexity index is 1230. The Morgan fingerprint density at radius 2 is 1.76 bits per heavy atom. The van der Waals surface area contributed by atoms with E-state index in [1.54, 1.807) is 32.0 Å². The van der Waals surface area contributed by atoms with Gasteiger partial charge in [-0.2, -0.15) is 0 Å². The number of fused-ring (bicyclic) bond motifs is 1.